The number of hydrogen-bond donors (Lipinski definition) is 5. The number of aliphatic hydroxyl groups is 5. The van der Waals surface area contributed by atoms with Crippen molar-refractivity contribution < 1.29 is 44.7 Å². The fraction of sp³-hybridized carbons (Fsp3) is 0.714. The van der Waals surface area contributed by atoms with Crippen LogP contribution in [0, 0.1) is 0 Å². The highest BCUT2D eigenvalue weighted by Gasteiger charge is 2.13. The largest absolute Gasteiger partial charge is 0.390 e. The average molecular weight is 443 g/mol. The monoisotopic (exact) mass is 442 g/mol. The Labute approximate surface area is 182 Å². The number of allylic oxidation sites excluding steroid dienone is 2. The van der Waals surface area contributed by atoms with Crippen molar-refractivity contribution in [2.45, 2.75) is 88.7 Å². The summed E-state index contributed by atoms with van der Waals surface area (Å²) in [7, 11) is 0. The van der Waals surface area contributed by atoms with E-state index in [4.69, 9.17) is 25.5 Å². The van der Waals surface area contributed by atoms with E-state index < -0.39 is 19.2 Å². The third-order valence-electron chi connectivity index (χ3n) is 1.17. The lowest BCUT2D eigenvalue weighted by Gasteiger charge is -2.13. The van der Waals surface area contributed by atoms with Crippen molar-refractivity contribution in [2.75, 3.05) is 13.6 Å². The zero-order chi connectivity index (χ0) is 25.2. The molecule has 0 aromatic heterocycles. The van der Waals surface area contributed by atoms with E-state index in [0.29, 0.717) is 0 Å². The number of aliphatic hydroxyl groups excluding tert-OH is 2. The normalized spacial score (nSPS) is 7.83. The van der Waals surface area contributed by atoms with Gasteiger partial charge in [0, 0.05) is 6.42 Å². The molecule has 0 aromatic rings. The van der Waals surface area contributed by atoms with Gasteiger partial charge < -0.3 is 35.1 Å². The standard InChI is InChI=1S/C6H12O2.C6H10O.2C3H6O.2CH4O2.CH4/c1-5(7)4-6(2,3)8;1-5(2)4-6(3)7;2*1-3(2)4;2*2-1-3;/h8H,4H2,1-3H3;4H,1-3H3;2*1-2H3;2*2-3H,1H2;1H4. The summed E-state index contributed by atoms with van der Waals surface area (Å²) in [5.41, 5.74) is 0.235. The van der Waals surface area contributed by atoms with Crippen molar-refractivity contribution in [3.63, 3.8) is 0 Å². The minimum absolute atomic E-state index is 0. The van der Waals surface area contributed by atoms with Crippen molar-refractivity contribution in [1.29, 1.82) is 0 Å². The van der Waals surface area contributed by atoms with Crippen LogP contribution in [0.3, 0.4) is 0 Å². The molecule has 0 unspecified atom stereocenters. The summed E-state index contributed by atoms with van der Waals surface area (Å²) >= 11 is 0. The molecular weight excluding hydrogens is 396 g/mol. The molecule has 0 radical (unpaired) electrons. The zero-order valence-electron chi connectivity index (χ0n) is 19.6. The van der Waals surface area contributed by atoms with Crippen LogP contribution in [0.4, 0.5) is 0 Å². The topological polar surface area (TPSA) is 169 Å². The van der Waals surface area contributed by atoms with E-state index in [1.54, 1.807) is 26.8 Å². The van der Waals surface area contributed by atoms with E-state index in [1.165, 1.54) is 34.6 Å². The van der Waals surface area contributed by atoms with Crippen molar-refractivity contribution >= 4 is 23.1 Å². The molecule has 0 aliphatic carbocycles. The van der Waals surface area contributed by atoms with Crippen LogP contribution in [0.25, 0.3) is 0 Å². The van der Waals surface area contributed by atoms with Gasteiger partial charge in [0.25, 0.3) is 0 Å². The predicted molar refractivity (Wildman–Crippen MR) is 120 cm³/mol. The molecule has 0 saturated carbocycles. The molecule has 0 aliphatic heterocycles. The van der Waals surface area contributed by atoms with E-state index in [2.05, 4.69) is 0 Å². The molecule has 0 rings (SSSR count). The molecule has 0 spiro atoms. The Morgan fingerprint density at radius 3 is 0.900 bits per heavy atom. The highest BCUT2D eigenvalue weighted by atomic mass is 16.5. The fourth-order valence-electron chi connectivity index (χ4n) is 1.02. The lowest BCUT2D eigenvalue weighted by molar-refractivity contribution is -0.121. The van der Waals surface area contributed by atoms with Gasteiger partial charge in [-0.3, -0.25) is 9.59 Å². The minimum Gasteiger partial charge on any atom is -0.390 e. The maximum atomic E-state index is 10.3. The van der Waals surface area contributed by atoms with E-state index in [9.17, 15) is 19.2 Å². The van der Waals surface area contributed by atoms with Crippen molar-refractivity contribution in [2.24, 2.45) is 0 Å². The van der Waals surface area contributed by atoms with Crippen molar-refractivity contribution in [3.8, 4) is 0 Å². The second-order valence-corrected chi connectivity index (χ2v) is 6.62. The van der Waals surface area contributed by atoms with Crippen LogP contribution < -0.4 is 0 Å². The Kier molecular flexibility index (Phi) is 53.7. The van der Waals surface area contributed by atoms with Crippen LogP contribution >= 0.6 is 0 Å². The third kappa shape index (κ3) is 320. The van der Waals surface area contributed by atoms with Crippen LogP contribution in [0.15, 0.2) is 11.6 Å². The van der Waals surface area contributed by atoms with Crippen LogP contribution in [0.2, 0.25) is 0 Å². The first-order chi connectivity index (χ1) is 12.8. The third-order valence-corrected chi connectivity index (χ3v) is 1.17. The van der Waals surface area contributed by atoms with Gasteiger partial charge in [0.15, 0.2) is 5.78 Å². The summed E-state index contributed by atoms with van der Waals surface area (Å²) in [5.74, 6) is 0.484. The highest BCUT2D eigenvalue weighted by molar-refractivity contribution is 5.87. The number of rotatable bonds is 3. The molecule has 0 aromatic carbocycles. The summed E-state index contributed by atoms with van der Waals surface area (Å²) < 4.78 is 0. The lowest BCUT2D eigenvalue weighted by atomic mass is 10.0. The predicted octanol–water partition coefficient (Wildman–Crippen LogP) is 1.96. The minimum atomic E-state index is -0.828. The first-order valence-electron chi connectivity index (χ1n) is 8.59. The molecule has 0 aliphatic rings. The fourth-order valence-corrected chi connectivity index (χ4v) is 1.02. The maximum absolute atomic E-state index is 10.3. The number of hydrogen-bond acceptors (Lipinski definition) is 9. The summed E-state index contributed by atoms with van der Waals surface area (Å²) in [4.78, 5) is 39.4. The van der Waals surface area contributed by atoms with Gasteiger partial charge in [-0.05, 0) is 75.3 Å². The van der Waals surface area contributed by atoms with Crippen LogP contribution in [-0.4, -0.2) is 67.9 Å². The summed E-state index contributed by atoms with van der Waals surface area (Å²) in [6, 6.07) is 0. The van der Waals surface area contributed by atoms with Gasteiger partial charge in [-0.1, -0.05) is 13.0 Å². The molecule has 9 nitrogen and oxygen atoms in total. The second-order valence-electron chi connectivity index (χ2n) is 6.62. The van der Waals surface area contributed by atoms with E-state index in [0.717, 1.165) is 5.57 Å². The Morgan fingerprint density at radius 1 is 0.700 bits per heavy atom. The molecule has 9 heteroatoms. The second kappa shape index (κ2) is 34.7. The van der Waals surface area contributed by atoms with Gasteiger partial charge in [0.2, 0.25) is 0 Å². The van der Waals surface area contributed by atoms with Crippen LogP contribution in [-0.2, 0) is 19.2 Å². The molecule has 5 N–H and O–H groups in total. The average Bonchev–Trinajstić information content (AvgIpc) is 2.34. The molecule has 184 valence electrons. The lowest BCUT2D eigenvalue weighted by Crippen LogP contribution is -2.21. The molecular formula is C21H46O9. The summed E-state index contributed by atoms with van der Waals surface area (Å²) in [5, 5.41) is 37.5. The van der Waals surface area contributed by atoms with Gasteiger partial charge in [-0.2, -0.15) is 0 Å². The molecule has 0 bridgehead atoms. The summed E-state index contributed by atoms with van der Waals surface area (Å²) in [6.45, 7) is 14.7. The van der Waals surface area contributed by atoms with E-state index in [-0.39, 0.29) is 37.0 Å². The van der Waals surface area contributed by atoms with Gasteiger partial charge in [0.05, 0.1) is 5.60 Å². The van der Waals surface area contributed by atoms with Gasteiger partial charge in [-0.25, -0.2) is 0 Å². The summed E-state index contributed by atoms with van der Waals surface area (Å²) in [6.07, 6.45) is 1.85. The Bertz CT molecular complexity index is 408. The van der Waals surface area contributed by atoms with E-state index >= 15 is 0 Å². The van der Waals surface area contributed by atoms with Crippen LogP contribution in [0.5, 0.6) is 0 Å². The molecule has 0 saturated heterocycles. The van der Waals surface area contributed by atoms with Gasteiger partial charge >= 0.3 is 0 Å². The number of Topliss-reactive ketones (excluding diaryl/α,β-unsaturated/α-hetero) is 3. The highest BCUT2D eigenvalue weighted by Crippen LogP contribution is 2.06. The van der Waals surface area contributed by atoms with Gasteiger partial charge in [-0.15, -0.1) is 0 Å². The molecule has 0 heterocycles. The molecule has 0 atom stereocenters. The number of carbonyl (C=O) groups excluding carboxylic acids is 4. The van der Waals surface area contributed by atoms with Gasteiger partial charge in [0.1, 0.15) is 30.9 Å². The smallest absolute Gasteiger partial charge is 0.152 e. The Hall–Kier alpha value is -1.78. The number of ketones is 4. The number of carbonyl (C=O) groups is 4. The first-order valence-corrected chi connectivity index (χ1v) is 8.59. The molecule has 30 heavy (non-hydrogen) atoms. The van der Waals surface area contributed by atoms with Crippen LogP contribution in [0.1, 0.15) is 83.1 Å². The van der Waals surface area contributed by atoms with Crippen molar-refractivity contribution in [1.82, 2.24) is 0 Å². The Morgan fingerprint density at radius 2 is 0.900 bits per heavy atom. The molecule has 0 amide bonds. The quantitative estimate of drug-likeness (QED) is 0.324. The maximum Gasteiger partial charge on any atom is 0.152 e. The zero-order valence-corrected chi connectivity index (χ0v) is 19.6. The first kappa shape index (κ1) is 46.4. The van der Waals surface area contributed by atoms with Crippen molar-refractivity contribution in [3.05, 3.63) is 11.6 Å². The Balaban J connectivity index is -0.0000000441. The van der Waals surface area contributed by atoms with E-state index in [1.807, 2.05) is 13.8 Å². The molecule has 0 fully saturated rings. The SMILES string of the molecule is C.CC(=O)C=C(C)C.CC(=O)CC(C)(C)O.CC(C)=O.CC(C)=O.OCO.OCO.